The number of aromatic nitrogens is 1. The molecule has 2 aromatic rings. The molecule has 6 nitrogen and oxygen atoms in total. The van der Waals surface area contributed by atoms with Crippen molar-refractivity contribution in [3.8, 4) is 5.75 Å². The van der Waals surface area contributed by atoms with Gasteiger partial charge in [-0.25, -0.2) is 0 Å². The number of benzene rings is 1. The first kappa shape index (κ1) is 19.7. The lowest BCUT2D eigenvalue weighted by Crippen LogP contribution is -2.39. The number of ketones is 1. The standard InChI is InChI=1S/C20H26N2O4/c1-13(2)11-22(14(3)4)20(24)19-10-18(26-21-19)12-25-17-8-6-16(7-9-17)15(5)23/h6-10,13-14H,11-12H2,1-5H3. The molecule has 0 fully saturated rings. The fourth-order valence-electron chi connectivity index (χ4n) is 2.49. The Hall–Kier alpha value is -2.63. The number of ether oxygens (including phenoxy) is 1. The summed E-state index contributed by atoms with van der Waals surface area (Å²) in [5.74, 6) is 1.31. The Kier molecular flexibility index (Phi) is 6.55. The zero-order chi connectivity index (χ0) is 19.3. The maximum atomic E-state index is 12.6. The summed E-state index contributed by atoms with van der Waals surface area (Å²) in [4.78, 5) is 25.7. The molecule has 0 aliphatic heterocycles. The molecule has 0 aliphatic carbocycles. The second-order valence-corrected chi connectivity index (χ2v) is 6.99. The van der Waals surface area contributed by atoms with E-state index in [4.69, 9.17) is 9.26 Å². The number of amides is 1. The summed E-state index contributed by atoms with van der Waals surface area (Å²) in [5, 5.41) is 3.89. The first-order chi connectivity index (χ1) is 12.3. The molecule has 0 radical (unpaired) electrons. The maximum Gasteiger partial charge on any atom is 0.276 e. The van der Waals surface area contributed by atoms with E-state index in [1.165, 1.54) is 6.92 Å². The number of carbonyl (C=O) groups excluding carboxylic acids is 2. The Morgan fingerprint density at radius 2 is 1.81 bits per heavy atom. The van der Waals surface area contributed by atoms with Gasteiger partial charge in [0.25, 0.3) is 5.91 Å². The lowest BCUT2D eigenvalue weighted by molar-refractivity contribution is 0.0671. The van der Waals surface area contributed by atoms with Gasteiger partial charge >= 0.3 is 0 Å². The highest BCUT2D eigenvalue weighted by atomic mass is 16.5. The molecule has 1 heterocycles. The minimum atomic E-state index is -0.144. The third kappa shape index (κ3) is 5.18. The minimum absolute atomic E-state index is 0.00560. The highest BCUT2D eigenvalue weighted by Gasteiger charge is 2.23. The SMILES string of the molecule is CC(=O)c1ccc(OCc2cc(C(=O)N(CC(C)C)C(C)C)no2)cc1. The lowest BCUT2D eigenvalue weighted by atomic mass is 10.1. The zero-order valence-electron chi connectivity index (χ0n) is 16.0. The predicted octanol–water partition coefficient (Wildman–Crippen LogP) is 3.96. The molecule has 0 saturated heterocycles. The minimum Gasteiger partial charge on any atom is -0.486 e. The van der Waals surface area contributed by atoms with Crippen LogP contribution in [0.25, 0.3) is 0 Å². The Morgan fingerprint density at radius 3 is 2.35 bits per heavy atom. The molecule has 26 heavy (non-hydrogen) atoms. The molecular weight excluding hydrogens is 332 g/mol. The maximum absolute atomic E-state index is 12.6. The van der Waals surface area contributed by atoms with Gasteiger partial charge in [-0.3, -0.25) is 9.59 Å². The van der Waals surface area contributed by atoms with E-state index < -0.39 is 0 Å². The molecule has 1 aromatic heterocycles. The Morgan fingerprint density at radius 1 is 1.15 bits per heavy atom. The van der Waals surface area contributed by atoms with Gasteiger partial charge in [0, 0.05) is 24.2 Å². The van der Waals surface area contributed by atoms with Crippen LogP contribution >= 0.6 is 0 Å². The fraction of sp³-hybridized carbons (Fsp3) is 0.450. The normalized spacial score (nSPS) is 11.0. The van der Waals surface area contributed by atoms with Crippen LogP contribution < -0.4 is 4.74 Å². The third-order valence-electron chi connectivity index (χ3n) is 3.87. The summed E-state index contributed by atoms with van der Waals surface area (Å²) < 4.78 is 10.9. The molecule has 1 amide bonds. The van der Waals surface area contributed by atoms with Crippen LogP contribution in [0.5, 0.6) is 5.75 Å². The topological polar surface area (TPSA) is 72.6 Å². The number of Topliss-reactive ketones (excluding diaryl/α,β-unsaturated/α-hetero) is 1. The average molecular weight is 358 g/mol. The lowest BCUT2D eigenvalue weighted by Gasteiger charge is -2.27. The van der Waals surface area contributed by atoms with Crippen molar-refractivity contribution in [2.75, 3.05) is 6.54 Å². The highest BCUT2D eigenvalue weighted by molar-refractivity contribution is 5.94. The number of nitrogens with zero attached hydrogens (tertiary/aromatic N) is 2. The van der Waals surface area contributed by atoms with Crippen LogP contribution in [0.1, 0.15) is 61.2 Å². The van der Waals surface area contributed by atoms with E-state index >= 15 is 0 Å². The highest BCUT2D eigenvalue weighted by Crippen LogP contribution is 2.16. The monoisotopic (exact) mass is 358 g/mol. The van der Waals surface area contributed by atoms with Crippen LogP contribution in [-0.2, 0) is 6.61 Å². The first-order valence-corrected chi connectivity index (χ1v) is 8.78. The third-order valence-corrected chi connectivity index (χ3v) is 3.87. The molecule has 0 aliphatic rings. The molecule has 0 bridgehead atoms. The van der Waals surface area contributed by atoms with Gasteiger partial charge < -0.3 is 14.2 Å². The van der Waals surface area contributed by atoms with Crippen LogP contribution in [0.3, 0.4) is 0 Å². The van der Waals surface area contributed by atoms with E-state index in [9.17, 15) is 9.59 Å². The molecule has 0 saturated carbocycles. The van der Waals surface area contributed by atoms with Crippen molar-refractivity contribution < 1.29 is 18.8 Å². The van der Waals surface area contributed by atoms with Gasteiger partial charge in [-0.1, -0.05) is 19.0 Å². The summed E-state index contributed by atoms with van der Waals surface area (Å²) in [5.41, 5.74) is 0.911. The smallest absolute Gasteiger partial charge is 0.276 e. The van der Waals surface area contributed by atoms with Gasteiger partial charge in [0.05, 0.1) is 0 Å². The van der Waals surface area contributed by atoms with Crippen molar-refractivity contribution in [1.82, 2.24) is 10.1 Å². The Labute approximate surface area is 154 Å². The molecule has 0 spiro atoms. The van der Waals surface area contributed by atoms with Gasteiger partial charge in [0.2, 0.25) is 0 Å². The van der Waals surface area contributed by atoms with Crippen molar-refractivity contribution in [3.63, 3.8) is 0 Å². The van der Waals surface area contributed by atoms with E-state index in [-0.39, 0.29) is 30.0 Å². The van der Waals surface area contributed by atoms with Crippen molar-refractivity contribution in [3.05, 3.63) is 47.3 Å². The fourth-order valence-corrected chi connectivity index (χ4v) is 2.49. The second-order valence-electron chi connectivity index (χ2n) is 6.99. The summed E-state index contributed by atoms with van der Waals surface area (Å²) >= 11 is 0. The first-order valence-electron chi connectivity index (χ1n) is 8.78. The van der Waals surface area contributed by atoms with Gasteiger partial charge in [-0.15, -0.1) is 0 Å². The van der Waals surface area contributed by atoms with Gasteiger partial charge in [0.15, 0.2) is 17.2 Å². The van der Waals surface area contributed by atoms with Gasteiger partial charge in [0.1, 0.15) is 12.4 Å². The summed E-state index contributed by atoms with van der Waals surface area (Å²) in [6.07, 6.45) is 0. The molecule has 2 rings (SSSR count). The van der Waals surface area contributed by atoms with E-state index in [2.05, 4.69) is 19.0 Å². The molecule has 0 atom stereocenters. The van der Waals surface area contributed by atoms with Crippen LogP contribution in [0.2, 0.25) is 0 Å². The quantitative estimate of drug-likeness (QED) is 0.668. The van der Waals surface area contributed by atoms with Crippen LogP contribution in [0.4, 0.5) is 0 Å². The summed E-state index contributed by atoms with van der Waals surface area (Å²) in [6, 6.07) is 8.56. The number of hydrogen-bond donors (Lipinski definition) is 0. The van der Waals surface area contributed by atoms with Crippen LogP contribution in [0.15, 0.2) is 34.9 Å². The van der Waals surface area contributed by atoms with E-state index in [1.54, 1.807) is 35.2 Å². The van der Waals surface area contributed by atoms with Crippen molar-refractivity contribution >= 4 is 11.7 Å². The average Bonchev–Trinajstić information content (AvgIpc) is 3.06. The van der Waals surface area contributed by atoms with E-state index in [1.807, 2.05) is 13.8 Å². The van der Waals surface area contributed by atoms with Crippen LogP contribution in [0, 0.1) is 5.92 Å². The summed E-state index contributed by atoms with van der Waals surface area (Å²) in [7, 11) is 0. The van der Waals surface area contributed by atoms with Gasteiger partial charge in [-0.05, 0) is 51.0 Å². The number of rotatable bonds is 8. The Bertz CT molecular complexity index is 747. The molecule has 140 valence electrons. The largest absolute Gasteiger partial charge is 0.486 e. The second kappa shape index (κ2) is 8.65. The summed E-state index contributed by atoms with van der Waals surface area (Å²) in [6.45, 7) is 10.4. The molecule has 0 unspecified atom stereocenters. The number of carbonyl (C=O) groups is 2. The van der Waals surface area contributed by atoms with Crippen LogP contribution in [-0.4, -0.2) is 34.3 Å². The Balaban J connectivity index is 2.00. The van der Waals surface area contributed by atoms with Crippen molar-refractivity contribution in [2.24, 2.45) is 5.92 Å². The zero-order valence-corrected chi connectivity index (χ0v) is 16.0. The van der Waals surface area contributed by atoms with Crippen molar-refractivity contribution in [1.29, 1.82) is 0 Å². The van der Waals surface area contributed by atoms with E-state index in [0.717, 1.165) is 0 Å². The molecule has 0 N–H and O–H groups in total. The molecule has 6 heteroatoms. The molecule has 1 aromatic carbocycles. The van der Waals surface area contributed by atoms with Gasteiger partial charge in [-0.2, -0.15) is 0 Å². The van der Waals surface area contributed by atoms with E-state index in [0.29, 0.717) is 29.5 Å². The predicted molar refractivity (Wildman–Crippen MR) is 98.3 cm³/mol. The van der Waals surface area contributed by atoms with Crippen molar-refractivity contribution in [2.45, 2.75) is 47.3 Å². The number of hydrogen-bond acceptors (Lipinski definition) is 5. The molecular formula is C20H26N2O4.